The van der Waals surface area contributed by atoms with Gasteiger partial charge < -0.3 is 4.98 Å². The Morgan fingerprint density at radius 3 is 3.15 bits per heavy atom. The second-order valence-electron chi connectivity index (χ2n) is 2.18. The molecule has 0 unspecified atom stereocenters. The van der Waals surface area contributed by atoms with E-state index in [1.54, 1.807) is 17.8 Å². The van der Waals surface area contributed by atoms with Crippen LogP contribution in [-0.4, -0.2) is 25.5 Å². The molecule has 13 heavy (non-hydrogen) atoms. The molecule has 2 heterocycles. The van der Waals surface area contributed by atoms with E-state index in [-0.39, 0.29) is 5.91 Å². The lowest BCUT2D eigenvalue weighted by molar-refractivity contribution is 0.102. The summed E-state index contributed by atoms with van der Waals surface area (Å²) in [4.78, 5) is 17.9. The van der Waals surface area contributed by atoms with Crippen LogP contribution in [-0.2, 0) is 0 Å². The van der Waals surface area contributed by atoms with Crippen LogP contribution in [0.1, 0.15) is 10.5 Å². The van der Waals surface area contributed by atoms with Gasteiger partial charge in [-0.05, 0) is 11.5 Å². The monoisotopic (exact) mass is 195 g/mol. The van der Waals surface area contributed by atoms with Gasteiger partial charge >= 0.3 is 0 Å². The average molecular weight is 195 g/mol. The van der Waals surface area contributed by atoms with Gasteiger partial charge in [0.15, 0.2) is 5.69 Å². The van der Waals surface area contributed by atoms with Crippen LogP contribution in [0.4, 0.5) is 5.95 Å². The SMILES string of the molecule is O=C(Nc1ncc[nH]1)c1csnn1. The predicted molar refractivity (Wildman–Crippen MR) is 46.4 cm³/mol. The summed E-state index contributed by atoms with van der Waals surface area (Å²) >= 11 is 1.13. The summed E-state index contributed by atoms with van der Waals surface area (Å²) in [5, 5.41) is 7.70. The maximum absolute atomic E-state index is 11.3. The zero-order valence-electron chi connectivity index (χ0n) is 6.39. The van der Waals surface area contributed by atoms with Gasteiger partial charge in [0, 0.05) is 17.8 Å². The van der Waals surface area contributed by atoms with Crippen LogP contribution in [0.3, 0.4) is 0 Å². The molecule has 0 aliphatic carbocycles. The minimum absolute atomic E-state index is 0.293. The minimum atomic E-state index is -0.316. The quantitative estimate of drug-likeness (QED) is 0.731. The first kappa shape index (κ1) is 7.87. The molecular formula is C6H5N5OS. The molecular weight excluding hydrogens is 190 g/mol. The second-order valence-corrected chi connectivity index (χ2v) is 2.79. The summed E-state index contributed by atoms with van der Waals surface area (Å²) < 4.78 is 3.57. The minimum Gasteiger partial charge on any atom is -0.331 e. The van der Waals surface area contributed by atoms with Crippen molar-refractivity contribution >= 4 is 23.4 Å². The number of nitrogens with one attached hydrogen (secondary N) is 2. The molecule has 0 bridgehead atoms. The normalized spacial score (nSPS) is 9.85. The van der Waals surface area contributed by atoms with E-state index in [4.69, 9.17) is 0 Å². The largest absolute Gasteiger partial charge is 0.331 e. The van der Waals surface area contributed by atoms with Crippen molar-refractivity contribution < 1.29 is 4.79 Å². The highest BCUT2D eigenvalue weighted by Gasteiger charge is 2.09. The van der Waals surface area contributed by atoms with Crippen molar-refractivity contribution in [2.45, 2.75) is 0 Å². The van der Waals surface area contributed by atoms with E-state index < -0.39 is 0 Å². The van der Waals surface area contributed by atoms with Gasteiger partial charge in [-0.1, -0.05) is 4.49 Å². The molecule has 6 nitrogen and oxygen atoms in total. The Labute approximate surface area is 77.2 Å². The number of hydrogen-bond acceptors (Lipinski definition) is 5. The van der Waals surface area contributed by atoms with Crippen molar-refractivity contribution in [1.82, 2.24) is 19.6 Å². The third-order valence-corrected chi connectivity index (χ3v) is 1.83. The average Bonchev–Trinajstić information content (AvgIpc) is 2.74. The maximum Gasteiger partial charge on any atom is 0.279 e. The number of imidazole rings is 1. The molecule has 0 saturated carbocycles. The number of carbonyl (C=O) groups is 1. The smallest absolute Gasteiger partial charge is 0.279 e. The first-order valence-corrected chi connectivity index (χ1v) is 4.28. The van der Waals surface area contributed by atoms with Crippen LogP contribution in [0.25, 0.3) is 0 Å². The van der Waals surface area contributed by atoms with Crippen molar-refractivity contribution in [2.24, 2.45) is 0 Å². The summed E-state index contributed by atoms with van der Waals surface area (Å²) in [7, 11) is 0. The number of aromatic amines is 1. The first-order valence-electron chi connectivity index (χ1n) is 3.44. The lowest BCUT2D eigenvalue weighted by atomic mass is 10.5. The van der Waals surface area contributed by atoms with E-state index in [0.29, 0.717) is 11.6 Å². The van der Waals surface area contributed by atoms with Crippen molar-refractivity contribution in [2.75, 3.05) is 5.32 Å². The molecule has 2 N–H and O–H groups in total. The fourth-order valence-electron chi connectivity index (χ4n) is 0.769. The van der Waals surface area contributed by atoms with Crippen molar-refractivity contribution in [3.63, 3.8) is 0 Å². The van der Waals surface area contributed by atoms with Crippen LogP contribution in [0.2, 0.25) is 0 Å². The van der Waals surface area contributed by atoms with Gasteiger partial charge in [0.05, 0.1) is 0 Å². The lowest BCUT2D eigenvalue weighted by Crippen LogP contribution is -2.13. The molecule has 0 atom stereocenters. The fraction of sp³-hybridized carbons (Fsp3) is 0. The molecule has 2 rings (SSSR count). The Hall–Kier alpha value is -1.76. The molecule has 0 aliphatic heterocycles. The van der Waals surface area contributed by atoms with E-state index in [2.05, 4.69) is 24.9 Å². The van der Waals surface area contributed by atoms with Crippen LogP contribution in [0.15, 0.2) is 17.8 Å². The second kappa shape index (κ2) is 3.31. The number of rotatable bonds is 2. The van der Waals surface area contributed by atoms with Crippen molar-refractivity contribution in [3.05, 3.63) is 23.5 Å². The first-order chi connectivity index (χ1) is 6.36. The Morgan fingerprint density at radius 2 is 2.54 bits per heavy atom. The van der Waals surface area contributed by atoms with Crippen molar-refractivity contribution in [1.29, 1.82) is 0 Å². The van der Waals surface area contributed by atoms with Gasteiger partial charge in [-0.2, -0.15) is 0 Å². The molecule has 0 fully saturated rings. The Bertz CT molecular complexity index is 381. The molecule has 0 saturated heterocycles. The summed E-state index contributed by atoms with van der Waals surface area (Å²) in [6.07, 6.45) is 3.17. The van der Waals surface area contributed by atoms with Crippen molar-refractivity contribution in [3.8, 4) is 0 Å². The third-order valence-electron chi connectivity index (χ3n) is 1.32. The fourth-order valence-corrected chi connectivity index (χ4v) is 1.21. The predicted octanol–water partition coefficient (Wildman–Crippen LogP) is 0.513. The van der Waals surface area contributed by atoms with E-state index >= 15 is 0 Å². The molecule has 0 aromatic carbocycles. The number of nitrogens with zero attached hydrogens (tertiary/aromatic N) is 3. The number of anilines is 1. The van der Waals surface area contributed by atoms with Gasteiger partial charge in [-0.25, -0.2) is 4.98 Å². The number of amides is 1. The van der Waals surface area contributed by atoms with Crippen LogP contribution >= 0.6 is 11.5 Å². The Kier molecular flexibility index (Phi) is 2.01. The van der Waals surface area contributed by atoms with E-state index in [1.807, 2.05) is 0 Å². The number of aromatic nitrogens is 4. The Balaban J connectivity index is 2.08. The zero-order valence-corrected chi connectivity index (χ0v) is 7.21. The highest BCUT2D eigenvalue weighted by molar-refractivity contribution is 7.03. The third kappa shape index (κ3) is 1.70. The molecule has 2 aromatic heterocycles. The standard InChI is InChI=1S/C6H5N5OS/c12-5(4-3-13-11-10-4)9-6-7-1-2-8-6/h1-3H,(H2,7,8,9,12). The van der Waals surface area contributed by atoms with Crippen LogP contribution in [0.5, 0.6) is 0 Å². The number of carbonyl (C=O) groups excluding carboxylic acids is 1. The summed E-state index contributed by atoms with van der Waals surface area (Å²) in [5.74, 6) is 0.0849. The van der Waals surface area contributed by atoms with E-state index in [9.17, 15) is 4.79 Å². The summed E-state index contributed by atoms with van der Waals surface area (Å²) in [6, 6.07) is 0. The Morgan fingerprint density at radius 1 is 1.62 bits per heavy atom. The highest BCUT2D eigenvalue weighted by Crippen LogP contribution is 2.01. The highest BCUT2D eigenvalue weighted by atomic mass is 32.1. The molecule has 2 aromatic rings. The van der Waals surface area contributed by atoms with Crippen LogP contribution < -0.4 is 5.32 Å². The molecule has 1 amide bonds. The lowest BCUT2D eigenvalue weighted by Gasteiger charge is -1.95. The van der Waals surface area contributed by atoms with Gasteiger partial charge in [0.25, 0.3) is 5.91 Å². The summed E-state index contributed by atoms with van der Waals surface area (Å²) in [5.41, 5.74) is 0.293. The topological polar surface area (TPSA) is 83.6 Å². The molecule has 0 spiro atoms. The van der Waals surface area contributed by atoms with Gasteiger partial charge in [0.1, 0.15) is 0 Å². The van der Waals surface area contributed by atoms with E-state index in [0.717, 1.165) is 11.5 Å². The molecule has 7 heteroatoms. The van der Waals surface area contributed by atoms with Gasteiger partial charge in [-0.15, -0.1) is 5.10 Å². The molecule has 66 valence electrons. The van der Waals surface area contributed by atoms with Crippen LogP contribution in [0, 0.1) is 0 Å². The zero-order chi connectivity index (χ0) is 9.10. The number of hydrogen-bond donors (Lipinski definition) is 2. The van der Waals surface area contributed by atoms with E-state index in [1.165, 1.54) is 0 Å². The molecule has 0 radical (unpaired) electrons. The summed E-state index contributed by atoms with van der Waals surface area (Å²) in [6.45, 7) is 0. The number of H-pyrrole nitrogens is 1. The van der Waals surface area contributed by atoms with Gasteiger partial charge in [0.2, 0.25) is 5.95 Å². The maximum atomic E-state index is 11.3. The molecule has 0 aliphatic rings. The van der Waals surface area contributed by atoms with Gasteiger partial charge in [-0.3, -0.25) is 10.1 Å².